The fourth-order valence-electron chi connectivity index (χ4n) is 3.49. The third-order valence-corrected chi connectivity index (χ3v) is 4.78. The summed E-state index contributed by atoms with van der Waals surface area (Å²) >= 11 is 0. The summed E-state index contributed by atoms with van der Waals surface area (Å²) in [5.41, 5.74) is 1.54. The van der Waals surface area contributed by atoms with E-state index in [1.807, 2.05) is 0 Å². The van der Waals surface area contributed by atoms with Crippen LogP contribution in [0.3, 0.4) is 0 Å². The third-order valence-electron chi connectivity index (χ3n) is 4.78. The van der Waals surface area contributed by atoms with Crippen LogP contribution in [0.5, 0.6) is 0 Å². The fourth-order valence-corrected chi connectivity index (χ4v) is 3.49. The lowest BCUT2D eigenvalue weighted by molar-refractivity contribution is 0.302. The average Bonchev–Trinajstić information content (AvgIpc) is 2.49. The Kier molecular flexibility index (Phi) is 6.47. The Morgan fingerprint density at radius 3 is 2.32 bits per heavy atom. The molecular weight excluding hydrogens is 228 g/mol. The Bertz CT molecular complexity index is 319. The molecule has 1 aromatic rings. The van der Waals surface area contributed by atoms with Crippen molar-refractivity contribution in [2.75, 3.05) is 0 Å². The fraction of sp³-hybridized carbons (Fsp3) is 0.684. The van der Waals surface area contributed by atoms with E-state index in [2.05, 4.69) is 37.3 Å². The number of rotatable bonds is 7. The molecule has 0 heteroatoms. The van der Waals surface area contributed by atoms with Crippen LogP contribution in [0, 0.1) is 12.0 Å². The van der Waals surface area contributed by atoms with Gasteiger partial charge in [-0.3, -0.25) is 0 Å². The number of benzene rings is 1. The smallest absolute Gasteiger partial charge is 0.0162 e. The van der Waals surface area contributed by atoms with Crippen molar-refractivity contribution < 1.29 is 0 Å². The first-order valence-corrected chi connectivity index (χ1v) is 8.36. The van der Waals surface area contributed by atoms with E-state index in [4.69, 9.17) is 0 Å². The lowest BCUT2D eigenvalue weighted by atomic mass is 9.77. The van der Waals surface area contributed by atoms with E-state index in [1.54, 1.807) is 5.56 Å². The number of hydrogen-bond donors (Lipinski definition) is 0. The topological polar surface area (TPSA) is 0 Å². The molecule has 1 aliphatic carbocycles. The zero-order valence-corrected chi connectivity index (χ0v) is 12.5. The van der Waals surface area contributed by atoms with Gasteiger partial charge in [0.15, 0.2) is 0 Å². The zero-order chi connectivity index (χ0) is 13.3. The van der Waals surface area contributed by atoms with Crippen molar-refractivity contribution in [2.45, 2.75) is 77.0 Å². The van der Waals surface area contributed by atoms with Crippen molar-refractivity contribution in [1.82, 2.24) is 0 Å². The van der Waals surface area contributed by atoms with Gasteiger partial charge in [0.1, 0.15) is 0 Å². The monoisotopic (exact) mass is 257 g/mol. The van der Waals surface area contributed by atoms with Gasteiger partial charge < -0.3 is 0 Å². The van der Waals surface area contributed by atoms with Gasteiger partial charge in [0, 0.05) is 0 Å². The molecule has 0 atom stereocenters. The number of unbranched alkanes of at least 4 members (excludes halogenated alkanes) is 4. The standard InChI is InChI=1S/C19H29/c1-2-3-4-5-7-10-17-13-15-19(16-14-17)18-11-8-6-9-12-18/h8-9,11-12,17,19H,2-5,7,10,13-16H2,1H3. The van der Waals surface area contributed by atoms with E-state index in [-0.39, 0.29) is 0 Å². The molecule has 0 bridgehead atoms. The van der Waals surface area contributed by atoms with Gasteiger partial charge in [-0.1, -0.05) is 69.7 Å². The van der Waals surface area contributed by atoms with Crippen molar-refractivity contribution in [2.24, 2.45) is 5.92 Å². The molecule has 1 radical (unpaired) electrons. The lowest BCUT2D eigenvalue weighted by Gasteiger charge is -2.28. The summed E-state index contributed by atoms with van der Waals surface area (Å²) < 4.78 is 0. The van der Waals surface area contributed by atoms with Crippen LogP contribution >= 0.6 is 0 Å². The van der Waals surface area contributed by atoms with Gasteiger partial charge in [0.05, 0.1) is 0 Å². The molecule has 0 spiro atoms. The highest BCUT2D eigenvalue weighted by Crippen LogP contribution is 2.37. The summed E-state index contributed by atoms with van der Waals surface area (Å²) in [6.45, 7) is 2.29. The molecule has 0 N–H and O–H groups in total. The van der Waals surface area contributed by atoms with E-state index in [9.17, 15) is 0 Å². The molecule has 1 aliphatic rings. The Balaban J connectivity index is 1.63. The van der Waals surface area contributed by atoms with Crippen LogP contribution in [0.2, 0.25) is 0 Å². The second-order valence-electron chi connectivity index (χ2n) is 6.25. The highest BCUT2D eigenvalue weighted by atomic mass is 14.3. The van der Waals surface area contributed by atoms with Gasteiger partial charge in [-0.05, 0) is 49.1 Å². The minimum atomic E-state index is 0.825. The van der Waals surface area contributed by atoms with Crippen molar-refractivity contribution in [3.05, 3.63) is 35.9 Å². The second-order valence-corrected chi connectivity index (χ2v) is 6.25. The van der Waals surface area contributed by atoms with E-state index in [0.29, 0.717) is 0 Å². The van der Waals surface area contributed by atoms with Crippen LogP contribution < -0.4 is 0 Å². The Morgan fingerprint density at radius 1 is 0.947 bits per heavy atom. The maximum atomic E-state index is 3.13. The summed E-state index contributed by atoms with van der Waals surface area (Å²) in [4.78, 5) is 0. The highest BCUT2D eigenvalue weighted by Gasteiger charge is 2.21. The summed E-state index contributed by atoms with van der Waals surface area (Å²) in [5.74, 6) is 1.85. The Labute approximate surface area is 119 Å². The Morgan fingerprint density at radius 2 is 1.63 bits per heavy atom. The minimum absolute atomic E-state index is 0.825. The molecule has 19 heavy (non-hydrogen) atoms. The largest absolute Gasteiger partial charge is 0.0654 e. The Hall–Kier alpha value is -0.780. The van der Waals surface area contributed by atoms with Crippen LogP contribution in [0.4, 0.5) is 0 Å². The second kappa shape index (κ2) is 8.40. The predicted octanol–water partition coefficient (Wildman–Crippen LogP) is 6.12. The zero-order valence-electron chi connectivity index (χ0n) is 12.5. The summed E-state index contributed by atoms with van der Waals surface area (Å²) in [5, 5.41) is 0. The third kappa shape index (κ3) is 5.01. The summed E-state index contributed by atoms with van der Waals surface area (Å²) in [6, 6.07) is 11.8. The van der Waals surface area contributed by atoms with Gasteiger partial charge >= 0.3 is 0 Å². The van der Waals surface area contributed by atoms with Gasteiger partial charge in [-0.2, -0.15) is 0 Å². The molecule has 0 aliphatic heterocycles. The van der Waals surface area contributed by atoms with Crippen LogP contribution in [0.1, 0.15) is 82.6 Å². The van der Waals surface area contributed by atoms with Crippen LogP contribution in [-0.2, 0) is 0 Å². The van der Waals surface area contributed by atoms with E-state index in [1.165, 1.54) is 64.2 Å². The lowest BCUT2D eigenvalue weighted by Crippen LogP contribution is -2.13. The summed E-state index contributed by atoms with van der Waals surface area (Å²) in [6.07, 6.45) is 14.4. The molecule has 1 fully saturated rings. The molecule has 0 nitrogen and oxygen atoms in total. The van der Waals surface area contributed by atoms with Crippen LogP contribution in [-0.4, -0.2) is 0 Å². The predicted molar refractivity (Wildman–Crippen MR) is 83.4 cm³/mol. The maximum absolute atomic E-state index is 3.13. The minimum Gasteiger partial charge on any atom is -0.0654 e. The van der Waals surface area contributed by atoms with Crippen molar-refractivity contribution in [3.8, 4) is 0 Å². The molecule has 0 heterocycles. The number of hydrogen-bond acceptors (Lipinski definition) is 0. The molecule has 0 saturated heterocycles. The summed E-state index contributed by atoms with van der Waals surface area (Å²) in [7, 11) is 0. The SMILES string of the molecule is CCCCCCCC1CCC(c2cc[c]cc2)CC1. The highest BCUT2D eigenvalue weighted by molar-refractivity contribution is 5.19. The molecular formula is C19H29. The molecule has 105 valence electrons. The maximum Gasteiger partial charge on any atom is -0.0162 e. The van der Waals surface area contributed by atoms with Gasteiger partial charge in [-0.15, -0.1) is 0 Å². The molecule has 1 saturated carbocycles. The van der Waals surface area contributed by atoms with Crippen LogP contribution in [0.25, 0.3) is 0 Å². The quantitative estimate of drug-likeness (QED) is 0.516. The first-order valence-electron chi connectivity index (χ1n) is 8.36. The van der Waals surface area contributed by atoms with Gasteiger partial charge in [-0.25, -0.2) is 0 Å². The molecule has 0 aromatic heterocycles. The van der Waals surface area contributed by atoms with Crippen molar-refractivity contribution in [1.29, 1.82) is 0 Å². The van der Waals surface area contributed by atoms with E-state index >= 15 is 0 Å². The van der Waals surface area contributed by atoms with Gasteiger partial charge in [0.25, 0.3) is 0 Å². The first-order chi connectivity index (χ1) is 9.40. The molecule has 1 aromatic carbocycles. The van der Waals surface area contributed by atoms with E-state index in [0.717, 1.165) is 11.8 Å². The van der Waals surface area contributed by atoms with Crippen LogP contribution in [0.15, 0.2) is 24.3 Å². The van der Waals surface area contributed by atoms with E-state index < -0.39 is 0 Å². The molecule has 2 rings (SSSR count). The molecule has 0 amide bonds. The van der Waals surface area contributed by atoms with Crippen molar-refractivity contribution in [3.63, 3.8) is 0 Å². The average molecular weight is 257 g/mol. The molecule has 0 unspecified atom stereocenters. The van der Waals surface area contributed by atoms with Gasteiger partial charge in [0.2, 0.25) is 0 Å². The van der Waals surface area contributed by atoms with Crippen molar-refractivity contribution >= 4 is 0 Å². The normalized spacial score (nSPS) is 23.4. The first kappa shape index (κ1) is 14.6.